The van der Waals surface area contributed by atoms with E-state index in [4.69, 9.17) is 4.74 Å². The summed E-state index contributed by atoms with van der Waals surface area (Å²) in [5.41, 5.74) is 0.915. The minimum absolute atomic E-state index is 0.251. The Morgan fingerprint density at radius 1 is 1.21 bits per heavy atom. The third-order valence-corrected chi connectivity index (χ3v) is 4.59. The molecule has 0 aliphatic rings. The van der Waals surface area contributed by atoms with E-state index in [-0.39, 0.29) is 12.1 Å². The van der Waals surface area contributed by atoms with E-state index in [1.54, 1.807) is 0 Å². The molecule has 0 unspecified atom stereocenters. The average Bonchev–Trinajstić information content (AvgIpc) is 2.58. The number of β-amino-alcohol motifs (C(OH)–C–C–N with tert-alkyl or cyclic N) is 1. The number of ether oxygens (including phenoxy) is 1. The predicted molar refractivity (Wildman–Crippen MR) is 117 cm³/mol. The monoisotopic (exact) mass is 406 g/mol. The fraction of sp³-hybridized carbons (Fsp3) is 0.609. The first-order valence-corrected chi connectivity index (χ1v) is 10.0. The van der Waals surface area contributed by atoms with Gasteiger partial charge in [0.2, 0.25) is 0 Å². The van der Waals surface area contributed by atoms with Gasteiger partial charge in [0.05, 0.1) is 25.4 Å². The first-order valence-electron chi connectivity index (χ1n) is 10.0. The lowest BCUT2D eigenvalue weighted by Crippen LogP contribution is -2.59. The number of carboxylic acid groups (broad SMARTS) is 1. The lowest BCUT2D eigenvalue weighted by molar-refractivity contribution is 0.00255. The molecular weight excluding hydrogens is 368 g/mol. The van der Waals surface area contributed by atoms with Crippen LogP contribution in [0.15, 0.2) is 42.5 Å². The third-order valence-electron chi connectivity index (χ3n) is 4.59. The first-order chi connectivity index (χ1) is 13.3. The van der Waals surface area contributed by atoms with Crippen LogP contribution in [-0.4, -0.2) is 64.2 Å². The second kappa shape index (κ2) is 10.8. The summed E-state index contributed by atoms with van der Waals surface area (Å²) in [7, 11) is 0. The van der Waals surface area contributed by atoms with Crippen molar-refractivity contribution < 1.29 is 19.7 Å². The second-order valence-electron chi connectivity index (χ2n) is 9.36. The maximum absolute atomic E-state index is 12.1. The number of aliphatic hydroxyl groups is 1. The van der Waals surface area contributed by atoms with Gasteiger partial charge in [0.1, 0.15) is 0 Å². The number of aliphatic hydroxyl groups excluding tert-OH is 1. The third kappa shape index (κ3) is 8.98. The summed E-state index contributed by atoms with van der Waals surface area (Å²) in [5.74, 6) is 0. The van der Waals surface area contributed by atoms with E-state index < -0.39 is 23.8 Å². The van der Waals surface area contributed by atoms with Crippen molar-refractivity contribution in [3.8, 4) is 0 Å². The second-order valence-corrected chi connectivity index (χ2v) is 9.36. The van der Waals surface area contributed by atoms with Gasteiger partial charge in [-0.1, -0.05) is 42.5 Å². The molecule has 0 saturated heterocycles. The molecule has 0 fully saturated rings. The number of amides is 1. The summed E-state index contributed by atoms with van der Waals surface area (Å²) >= 11 is 0. The Morgan fingerprint density at radius 3 is 2.28 bits per heavy atom. The topological polar surface area (TPSA) is 82.0 Å². The lowest BCUT2D eigenvalue weighted by atomic mass is 9.94. The fourth-order valence-electron chi connectivity index (χ4n) is 3.23. The molecule has 6 nitrogen and oxygen atoms in total. The summed E-state index contributed by atoms with van der Waals surface area (Å²) in [6.45, 7) is 16.4. The van der Waals surface area contributed by atoms with Crippen LogP contribution in [0.2, 0.25) is 0 Å². The first kappa shape index (κ1) is 25.1. The number of benzene rings is 1. The number of carbonyl (C=O) groups is 1. The fourth-order valence-corrected chi connectivity index (χ4v) is 3.23. The molecule has 1 amide bonds. The van der Waals surface area contributed by atoms with Crippen molar-refractivity contribution in [3.05, 3.63) is 48.0 Å². The molecule has 2 atom stereocenters. The van der Waals surface area contributed by atoms with Crippen molar-refractivity contribution in [1.29, 1.82) is 0 Å². The predicted octanol–water partition coefficient (Wildman–Crippen LogP) is 3.70. The molecule has 1 rings (SSSR count). The molecule has 29 heavy (non-hydrogen) atoms. The van der Waals surface area contributed by atoms with Gasteiger partial charge in [-0.15, -0.1) is 0 Å². The van der Waals surface area contributed by atoms with Crippen LogP contribution < -0.4 is 5.32 Å². The van der Waals surface area contributed by atoms with Crippen molar-refractivity contribution in [1.82, 2.24) is 10.2 Å². The molecule has 0 heterocycles. The van der Waals surface area contributed by atoms with Crippen molar-refractivity contribution in [2.75, 3.05) is 19.8 Å². The van der Waals surface area contributed by atoms with E-state index in [2.05, 4.69) is 11.9 Å². The highest BCUT2D eigenvalue weighted by Crippen LogP contribution is 2.23. The minimum atomic E-state index is -1.04. The van der Waals surface area contributed by atoms with E-state index in [1.165, 1.54) is 4.90 Å². The highest BCUT2D eigenvalue weighted by atomic mass is 16.5. The zero-order chi connectivity index (χ0) is 22.2. The van der Waals surface area contributed by atoms with Crippen molar-refractivity contribution in [2.24, 2.45) is 0 Å². The molecule has 0 aromatic heterocycles. The Hall–Kier alpha value is -1.89. The van der Waals surface area contributed by atoms with Gasteiger partial charge in [-0.25, -0.2) is 4.79 Å². The van der Waals surface area contributed by atoms with Crippen molar-refractivity contribution >= 4 is 6.09 Å². The van der Waals surface area contributed by atoms with Gasteiger partial charge >= 0.3 is 6.09 Å². The zero-order valence-corrected chi connectivity index (χ0v) is 18.7. The Bertz CT molecular complexity index is 653. The highest BCUT2D eigenvalue weighted by molar-refractivity contribution is 5.66. The summed E-state index contributed by atoms with van der Waals surface area (Å²) in [5, 5.41) is 24.2. The molecule has 0 saturated carbocycles. The largest absolute Gasteiger partial charge is 0.465 e. The maximum atomic E-state index is 12.1. The van der Waals surface area contributed by atoms with Crippen LogP contribution in [0.4, 0.5) is 4.79 Å². The van der Waals surface area contributed by atoms with Crippen LogP contribution in [0.25, 0.3) is 0 Å². The summed E-state index contributed by atoms with van der Waals surface area (Å²) < 4.78 is 5.64. The molecule has 0 radical (unpaired) electrons. The van der Waals surface area contributed by atoms with Crippen molar-refractivity contribution in [3.63, 3.8) is 0 Å². The van der Waals surface area contributed by atoms with Gasteiger partial charge in [-0.3, -0.25) is 4.90 Å². The average molecular weight is 407 g/mol. The Morgan fingerprint density at radius 2 is 1.79 bits per heavy atom. The van der Waals surface area contributed by atoms with Gasteiger partial charge in [0, 0.05) is 17.6 Å². The van der Waals surface area contributed by atoms with Gasteiger partial charge < -0.3 is 20.3 Å². The maximum Gasteiger partial charge on any atom is 0.408 e. The molecular formula is C23H38N2O4. The Labute approximate surface area is 175 Å². The van der Waals surface area contributed by atoms with Crippen LogP contribution in [0.3, 0.4) is 0 Å². The van der Waals surface area contributed by atoms with Gasteiger partial charge in [0.15, 0.2) is 0 Å². The van der Waals surface area contributed by atoms with Crippen LogP contribution in [0, 0.1) is 0 Å². The number of nitrogens with one attached hydrogen (secondary N) is 1. The molecule has 6 heteroatoms. The molecule has 0 aliphatic carbocycles. The smallest absolute Gasteiger partial charge is 0.408 e. The quantitative estimate of drug-likeness (QED) is 0.488. The van der Waals surface area contributed by atoms with E-state index in [0.29, 0.717) is 19.6 Å². The molecule has 0 spiro atoms. The Kier molecular flexibility index (Phi) is 9.33. The van der Waals surface area contributed by atoms with Crippen LogP contribution in [0.1, 0.15) is 47.1 Å². The van der Waals surface area contributed by atoms with Crippen LogP contribution >= 0.6 is 0 Å². The van der Waals surface area contributed by atoms with Gasteiger partial charge in [-0.05, 0) is 53.5 Å². The molecule has 0 bridgehead atoms. The SMILES string of the molecule is C=C(C)COCC(C)(C)NC[C@@H](O)[C@H](Cc1ccccc1)N(C(=O)O)C(C)(C)C. The highest BCUT2D eigenvalue weighted by Gasteiger charge is 2.37. The van der Waals surface area contributed by atoms with Crippen LogP contribution in [0.5, 0.6) is 0 Å². The normalized spacial score (nSPS) is 14.3. The summed E-state index contributed by atoms with van der Waals surface area (Å²) in [6, 6.07) is 9.07. The van der Waals surface area contributed by atoms with Gasteiger partial charge in [-0.2, -0.15) is 0 Å². The molecule has 0 aliphatic heterocycles. The zero-order valence-electron chi connectivity index (χ0n) is 18.7. The molecule has 1 aromatic carbocycles. The van der Waals surface area contributed by atoms with Crippen molar-refractivity contribution in [2.45, 2.75) is 71.2 Å². The van der Waals surface area contributed by atoms with Crippen LogP contribution in [-0.2, 0) is 11.2 Å². The Balaban J connectivity index is 2.93. The van der Waals surface area contributed by atoms with E-state index in [1.807, 2.05) is 71.9 Å². The number of hydrogen-bond donors (Lipinski definition) is 3. The standard InChI is InChI=1S/C23H38N2O4/c1-17(2)15-29-16-23(6,7)24-14-20(26)19(13-18-11-9-8-10-12-18)25(21(27)28)22(3,4)5/h8-12,19-20,24,26H,1,13-16H2,2-7H3,(H,27,28)/t19-,20+/m0/s1. The lowest BCUT2D eigenvalue weighted by Gasteiger charge is -2.42. The molecule has 164 valence electrons. The van der Waals surface area contributed by atoms with E-state index >= 15 is 0 Å². The number of rotatable bonds is 11. The molecule has 3 N–H and O–H groups in total. The summed E-state index contributed by atoms with van der Waals surface area (Å²) in [4.78, 5) is 13.4. The number of nitrogens with zero attached hydrogens (tertiary/aromatic N) is 1. The van der Waals surface area contributed by atoms with Gasteiger partial charge in [0.25, 0.3) is 0 Å². The summed E-state index contributed by atoms with van der Waals surface area (Å²) in [6.07, 6.45) is -1.49. The molecule has 1 aromatic rings. The van der Waals surface area contributed by atoms with E-state index in [0.717, 1.165) is 11.1 Å². The van der Waals surface area contributed by atoms with E-state index in [9.17, 15) is 15.0 Å². The minimum Gasteiger partial charge on any atom is -0.465 e. The number of hydrogen-bond acceptors (Lipinski definition) is 4.